The number of rotatable bonds is 2. The van der Waals surface area contributed by atoms with E-state index >= 15 is 0 Å². The standard InChI is InChI=1S/C17H24N2O.CH2/c1-14-5-2-3-7-16(14)11-17(20)19-10-9-18-8-4-6-15(12-18)13-19;/h2-3,5,7,15H,4,6,8-13H2,1H3;1H2. The molecule has 0 aromatic heterocycles. The quantitative estimate of drug-likeness (QED) is 0.833. The van der Waals surface area contributed by atoms with E-state index in [0.29, 0.717) is 18.2 Å². The van der Waals surface area contributed by atoms with Gasteiger partial charge in [0.05, 0.1) is 6.42 Å². The molecule has 3 rings (SSSR count). The smallest absolute Gasteiger partial charge is 0.227 e. The van der Waals surface area contributed by atoms with Gasteiger partial charge in [-0.2, -0.15) is 0 Å². The Morgan fingerprint density at radius 1 is 1.19 bits per heavy atom. The van der Waals surface area contributed by atoms with Crippen molar-refractivity contribution in [3.8, 4) is 0 Å². The molecule has 0 N–H and O–H groups in total. The Hall–Kier alpha value is -1.35. The largest absolute Gasteiger partial charge is 0.341 e. The molecular weight excluding hydrogens is 260 g/mol. The van der Waals surface area contributed by atoms with E-state index in [9.17, 15) is 4.79 Å². The molecule has 2 fully saturated rings. The first-order valence-corrected chi connectivity index (χ1v) is 7.77. The zero-order chi connectivity index (χ0) is 13.9. The van der Waals surface area contributed by atoms with Gasteiger partial charge in [0.25, 0.3) is 0 Å². The highest BCUT2D eigenvalue weighted by Gasteiger charge is 2.28. The third-order valence-electron chi connectivity index (χ3n) is 4.72. The first-order chi connectivity index (χ1) is 9.72. The van der Waals surface area contributed by atoms with Crippen molar-refractivity contribution in [2.24, 2.45) is 5.92 Å². The fourth-order valence-electron chi connectivity index (χ4n) is 3.48. The molecule has 1 aromatic rings. The van der Waals surface area contributed by atoms with Gasteiger partial charge in [0.2, 0.25) is 5.91 Å². The van der Waals surface area contributed by atoms with E-state index < -0.39 is 0 Å². The van der Waals surface area contributed by atoms with Crippen molar-refractivity contribution in [1.29, 1.82) is 0 Å². The van der Waals surface area contributed by atoms with E-state index in [1.165, 1.54) is 37.1 Å². The molecule has 1 amide bonds. The Kier molecular flexibility index (Phi) is 5.40. The maximum Gasteiger partial charge on any atom is 0.227 e. The number of carbonyl (C=O) groups excluding carboxylic acids is 1. The van der Waals surface area contributed by atoms with E-state index in [-0.39, 0.29) is 7.43 Å². The minimum Gasteiger partial charge on any atom is -0.341 e. The summed E-state index contributed by atoms with van der Waals surface area (Å²) in [7, 11) is 0. The number of carbonyl (C=O) groups is 1. The van der Waals surface area contributed by atoms with Crippen LogP contribution in [0.2, 0.25) is 0 Å². The van der Waals surface area contributed by atoms with Crippen LogP contribution in [-0.2, 0) is 11.2 Å². The number of aryl methyl sites for hydroxylation is 1. The molecule has 0 aliphatic carbocycles. The number of hydrogen-bond acceptors (Lipinski definition) is 2. The number of nitrogens with zero attached hydrogens (tertiary/aromatic N) is 2. The topological polar surface area (TPSA) is 23.6 Å². The molecule has 2 bridgehead atoms. The van der Waals surface area contributed by atoms with Crippen LogP contribution in [0.25, 0.3) is 0 Å². The van der Waals surface area contributed by atoms with Crippen molar-refractivity contribution in [1.82, 2.24) is 9.80 Å². The average molecular weight is 286 g/mol. The van der Waals surface area contributed by atoms with Crippen LogP contribution in [0.3, 0.4) is 0 Å². The molecule has 21 heavy (non-hydrogen) atoms. The zero-order valence-corrected chi connectivity index (χ0v) is 13.1. The van der Waals surface area contributed by atoms with E-state index in [0.717, 1.165) is 19.6 Å². The lowest BCUT2D eigenvalue weighted by molar-refractivity contribution is -0.130. The second-order valence-electron chi connectivity index (χ2n) is 6.25. The summed E-state index contributed by atoms with van der Waals surface area (Å²) >= 11 is 0. The van der Waals surface area contributed by atoms with Crippen LogP contribution in [-0.4, -0.2) is 48.4 Å². The molecule has 2 unspecified atom stereocenters. The van der Waals surface area contributed by atoms with Crippen molar-refractivity contribution in [2.75, 3.05) is 32.7 Å². The fraction of sp³-hybridized carbons (Fsp3) is 0.556. The van der Waals surface area contributed by atoms with E-state index in [1.54, 1.807) is 0 Å². The van der Waals surface area contributed by atoms with Gasteiger partial charge in [-0.25, -0.2) is 0 Å². The van der Waals surface area contributed by atoms with Crippen molar-refractivity contribution in [2.45, 2.75) is 26.2 Å². The predicted molar refractivity (Wildman–Crippen MR) is 86.0 cm³/mol. The summed E-state index contributed by atoms with van der Waals surface area (Å²) in [5.41, 5.74) is 2.39. The SMILES string of the molecule is Cc1ccccc1CC(=O)N1CCN2CCCC(C2)C1.[CH2]. The minimum atomic E-state index is 0. The van der Waals surface area contributed by atoms with Gasteiger partial charge in [0, 0.05) is 26.2 Å². The summed E-state index contributed by atoms with van der Waals surface area (Å²) < 4.78 is 0. The molecular formula is C18H26N2O. The summed E-state index contributed by atoms with van der Waals surface area (Å²) in [4.78, 5) is 17.2. The van der Waals surface area contributed by atoms with Gasteiger partial charge in [-0.15, -0.1) is 0 Å². The van der Waals surface area contributed by atoms with Gasteiger partial charge in [-0.05, 0) is 43.4 Å². The maximum absolute atomic E-state index is 12.6. The molecule has 2 aliphatic heterocycles. The maximum atomic E-state index is 12.6. The molecule has 0 spiro atoms. The number of amides is 1. The van der Waals surface area contributed by atoms with Crippen LogP contribution < -0.4 is 0 Å². The summed E-state index contributed by atoms with van der Waals surface area (Å²) in [6, 6.07) is 8.22. The number of piperidine rings is 1. The van der Waals surface area contributed by atoms with Crippen molar-refractivity contribution >= 4 is 5.91 Å². The lowest BCUT2D eigenvalue weighted by atomic mass is 9.98. The van der Waals surface area contributed by atoms with Crippen LogP contribution in [0.5, 0.6) is 0 Å². The summed E-state index contributed by atoms with van der Waals surface area (Å²) in [5, 5.41) is 0. The van der Waals surface area contributed by atoms with Crippen LogP contribution in [0.4, 0.5) is 0 Å². The molecule has 0 saturated carbocycles. The highest BCUT2D eigenvalue weighted by atomic mass is 16.2. The highest BCUT2D eigenvalue weighted by Crippen LogP contribution is 2.21. The Labute approximate surface area is 128 Å². The second kappa shape index (κ2) is 7.08. The van der Waals surface area contributed by atoms with Crippen molar-refractivity contribution in [3.05, 3.63) is 42.8 Å². The van der Waals surface area contributed by atoms with Crippen molar-refractivity contribution < 1.29 is 4.79 Å². The molecule has 2 atom stereocenters. The van der Waals surface area contributed by atoms with Crippen LogP contribution in [0.1, 0.15) is 24.0 Å². The number of benzene rings is 1. The number of fused-ring (bicyclic) bond motifs is 2. The zero-order valence-electron chi connectivity index (χ0n) is 13.1. The average Bonchev–Trinajstić information content (AvgIpc) is 2.60. The van der Waals surface area contributed by atoms with Crippen LogP contribution in [0.15, 0.2) is 24.3 Å². The lowest BCUT2D eigenvalue weighted by Crippen LogP contribution is -2.37. The van der Waals surface area contributed by atoms with E-state index in [1.807, 2.05) is 12.1 Å². The molecule has 3 heteroatoms. The molecule has 114 valence electrons. The van der Waals surface area contributed by atoms with Crippen LogP contribution in [0, 0.1) is 20.3 Å². The molecule has 2 aliphatic rings. The molecule has 2 heterocycles. The Balaban J connectivity index is 0.00000161. The first-order valence-electron chi connectivity index (χ1n) is 7.77. The van der Waals surface area contributed by atoms with E-state index in [2.05, 4.69) is 28.9 Å². The van der Waals surface area contributed by atoms with Crippen molar-refractivity contribution in [3.63, 3.8) is 0 Å². The normalized spacial score (nSPS) is 24.9. The third-order valence-corrected chi connectivity index (χ3v) is 4.72. The lowest BCUT2D eigenvalue weighted by Gasteiger charge is -2.29. The Morgan fingerprint density at radius 3 is 2.81 bits per heavy atom. The van der Waals surface area contributed by atoms with E-state index in [4.69, 9.17) is 0 Å². The van der Waals surface area contributed by atoms with Gasteiger partial charge >= 0.3 is 0 Å². The summed E-state index contributed by atoms with van der Waals surface area (Å²) in [5.74, 6) is 0.986. The Bertz CT molecular complexity index is 486. The number of hydrogen-bond donors (Lipinski definition) is 0. The summed E-state index contributed by atoms with van der Waals surface area (Å²) in [6.07, 6.45) is 3.13. The molecule has 2 radical (unpaired) electrons. The third kappa shape index (κ3) is 3.85. The van der Waals surface area contributed by atoms with Gasteiger partial charge < -0.3 is 9.80 Å². The van der Waals surface area contributed by atoms with Gasteiger partial charge in [-0.3, -0.25) is 4.79 Å². The molecule has 1 aromatic carbocycles. The monoisotopic (exact) mass is 286 g/mol. The summed E-state index contributed by atoms with van der Waals surface area (Å²) in [6.45, 7) is 7.41. The predicted octanol–water partition coefficient (Wildman–Crippen LogP) is 2.42. The second-order valence-corrected chi connectivity index (χ2v) is 6.25. The van der Waals surface area contributed by atoms with Gasteiger partial charge in [-0.1, -0.05) is 31.7 Å². The minimum absolute atomic E-state index is 0. The molecule has 2 saturated heterocycles. The fourth-order valence-corrected chi connectivity index (χ4v) is 3.48. The van der Waals surface area contributed by atoms with Gasteiger partial charge in [0.15, 0.2) is 0 Å². The molecule has 3 nitrogen and oxygen atoms in total. The Morgan fingerprint density at radius 2 is 2.00 bits per heavy atom. The highest BCUT2D eigenvalue weighted by molar-refractivity contribution is 5.79. The van der Waals surface area contributed by atoms with Crippen LogP contribution >= 0.6 is 0 Å². The van der Waals surface area contributed by atoms with Gasteiger partial charge in [0.1, 0.15) is 0 Å². The first kappa shape index (κ1) is 16.0.